The first-order valence-corrected chi connectivity index (χ1v) is 9.58. The van der Waals surface area contributed by atoms with Crippen molar-refractivity contribution < 1.29 is 9.59 Å². The van der Waals surface area contributed by atoms with E-state index in [0.717, 1.165) is 46.4 Å². The molecule has 0 radical (unpaired) electrons. The van der Waals surface area contributed by atoms with Gasteiger partial charge in [-0.2, -0.15) is 0 Å². The van der Waals surface area contributed by atoms with Gasteiger partial charge in [-0.05, 0) is 55.7 Å². The third-order valence-corrected chi connectivity index (χ3v) is 5.34. The molecule has 2 amide bonds. The third-order valence-electron chi connectivity index (χ3n) is 5.34. The maximum absolute atomic E-state index is 12.7. The summed E-state index contributed by atoms with van der Waals surface area (Å²) in [4.78, 5) is 31.1. The van der Waals surface area contributed by atoms with E-state index < -0.39 is 0 Å². The molecular formula is C23H23N3O2. The van der Waals surface area contributed by atoms with Gasteiger partial charge in [0.1, 0.15) is 0 Å². The van der Waals surface area contributed by atoms with Crippen LogP contribution in [0.1, 0.15) is 29.7 Å². The lowest BCUT2D eigenvalue weighted by atomic mass is 9.99. The molecule has 4 rings (SSSR count). The molecule has 28 heavy (non-hydrogen) atoms. The highest BCUT2D eigenvalue weighted by atomic mass is 16.2. The summed E-state index contributed by atoms with van der Waals surface area (Å²) in [7, 11) is 0. The molecule has 0 saturated carbocycles. The molecule has 0 unspecified atom stereocenters. The van der Waals surface area contributed by atoms with Crippen LogP contribution in [0.5, 0.6) is 0 Å². The van der Waals surface area contributed by atoms with E-state index in [9.17, 15) is 9.59 Å². The minimum absolute atomic E-state index is 0.0896. The number of rotatable bonds is 4. The summed E-state index contributed by atoms with van der Waals surface area (Å²) < 4.78 is 0. The average molecular weight is 373 g/mol. The Bertz CT molecular complexity index is 1070. The summed E-state index contributed by atoms with van der Waals surface area (Å²) in [6.45, 7) is 4.72. The third kappa shape index (κ3) is 3.48. The quantitative estimate of drug-likeness (QED) is 0.747. The highest BCUT2D eigenvalue weighted by Gasteiger charge is 2.22. The van der Waals surface area contributed by atoms with Crippen molar-refractivity contribution in [2.75, 3.05) is 16.8 Å². The van der Waals surface area contributed by atoms with Crippen molar-refractivity contribution in [2.24, 2.45) is 0 Å². The number of pyridine rings is 1. The van der Waals surface area contributed by atoms with Gasteiger partial charge in [0.05, 0.1) is 11.9 Å². The van der Waals surface area contributed by atoms with E-state index in [2.05, 4.69) is 10.3 Å². The molecule has 0 aliphatic carbocycles. The molecule has 1 aliphatic heterocycles. The van der Waals surface area contributed by atoms with Crippen LogP contribution in [0.3, 0.4) is 0 Å². The molecule has 3 aromatic rings. The Kier molecular flexibility index (Phi) is 4.82. The van der Waals surface area contributed by atoms with E-state index in [4.69, 9.17) is 0 Å². The fourth-order valence-electron chi connectivity index (χ4n) is 3.87. The van der Waals surface area contributed by atoms with Gasteiger partial charge < -0.3 is 10.2 Å². The van der Waals surface area contributed by atoms with E-state index in [1.807, 2.05) is 62.4 Å². The summed E-state index contributed by atoms with van der Waals surface area (Å²) in [6.07, 6.45) is 1.73. The first kappa shape index (κ1) is 18.2. The van der Waals surface area contributed by atoms with Gasteiger partial charge in [0, 0.05) is 35.4 Å². The minimum atomic E-state index is -0.0896. The van der Waals surface area contributed by atoms with Crippen LogP contribution in [0.15, 0.2) is 48.5 Å². The molecule has 5 nitrogen and oxygen atoms in total. The molecule has 142 valence electrons. The van der Waals surface area contributed by atoms with Crippen molar-refractivity contribution in [1.29, 1.82) is 0 Å². The summed E-state index contributed by atoms with van der Waals surface area (Å²) in [6, 6.07) is 15.5. The predicted molar refractivity (Wildman–Crippen MR) is 112 cm³/mol. The maximum Gasteiger partial charge on any atom is 0.228 e. The van der Waals surface area contributed by atoms with Crippen LogP contribution in [-0.4, -0.2) is 23.3 Å². The monoisotopic (exact) mass is 373 g/mol. The van der Waals surface area contributed by atoms with E-state index in [-0.39, 0.29) is 18.2 Å². The van der Waals surface area contributed by atoms with Crippen LogP contribution in [0.2, 0.25) is 0 Å². The Balaban J connectivity index is 1.54. The van der Waals surface area contributed by atoms with E-state index in [1.165, 1.54) is 0 Å². The molecule has 1 aromatic heterocycles. The van der Waals surface area contributed by atoms with E-state index >= 15 is 0 Å². The smallest absolute Gasteiger partial charge is 0.228 e. The van der Waals surface area contributed by atoms with Gasteiger partial charge in [-0.1, -0.05) is 24.3 Å². The largest absolute Gasteiger partial charge is 0.326 e. The summed E-state index contributed by atoms with van der Waals surface area (Å²) in [5.41, 5.74) is 5.41. The number of benzene rings is 2. The molecule has 5 heteroatoms. The topological polar surface area (TPSA) is 62.3 Å². The normalized spacial score (nSPS) is 13.9. The Morgan fingerprint density at radius 2 is 1.96 bits per heavy atom. The summed E-state index contributed by atoms with van der Waals surface area (Å²) in [5, 5.41) is 4.04. The lowest BCUT2D eigenvalue weighted by Gasteiger charge is -2.17. The lowest BCUT2D eigenvalue weighted by Crippen LogP contribution is -2.24. The SMILES string of the molecule is Cc1nc2ccccc2c(C)c1CC(=O)Nc1cccc(N2CCCC2=O)c1. The number of nitrogens with zero attached hydrogens (tertiary/aromatic N) is 2. The Labute approximate surface area is 164 Å². The van der Waals surface area contributed by atoms with Gasteiger partial charge in [-0.15, -0.1) is 0 Å². The first-order chi connectivity index (χ1) is 13.5. The van der Waals surface area contributed by atoms with Crippen molar-refractivity contribution in [3.8, 4) is 0 Å². The van der Waals surface area contributed by atoms with Crippen molar-refractivity contribution >= 4 is 34.1 Å². The molecule has 1 N–H and O–H groups in total. The van der Waals surface area contributed by atoms with Gasteiger partial charge in [-0.3, -0.25) is 14.6 Å². The fourth-order valence-corrected chi connectivity index (χ4v) is 3.87. The number of para-hydroxylation sites is 1. The van der Waals surface area contributed by atoms with Gasteiger partial charge in [-0.25, -0.2) is 0 Å². The number of hydrogen-bond acceptors (Lipinski definition) is 3. The summed E-state index contributed by atoms with van der Waals surface area (Å²) in [5.74, 6) is 0.0464. The second-order valence-corrected chi connectivity index (χ2v) is 7.24. The molecule has 0 atom stereocenters. The van der Waals surface area contributed by atoms with E-state index in [1.54, 1.807) is 4.90 Å². The number of aromatic nitrogens is 1. The van der Waals surface area contributed by atoms with Gasteiger partial charge >= 0.3 is 0 Å². The standard InChI is InChI=1S/C23H23N3O2/c1-15-19-9-3-4-10-21(19)24-16(2)20(15)14-22(27)25-17-7-5-8-18(13-17)26-12-6-11-23(26)28/h3-5,7-10,13H,6,11-12,14H2,1-2H3,(H,25,27). The number of carbonyl (C=O) groups is 2. The van der Waals surface area contributed by atoms with Gasteiger partial charge in [0.15, 0.2) is 0 Å². The predicted octanol–water partition coefficient (Wildman–Crippen LogP) is 4.16. The van der Waals surface area contributed by atoms with Crippen LogP contribution in [0.25, 0.3) is 10.9 Å². The molecule has 0 bridgehead atoms. The molecule has 1 aliphatic rings. The lowest BCUT2D eigenvalue weighted by molar-refractivity contribution is -0.117. The number of amides is 2. The van der Waals surface area contributed by atoms with Crippen LogP contribution in [-0.2, 0) is 16.0 Å². The Morgan fingerprint density at radius 3 is 2.75 bits per heavy atom. The molecule has 1 saturated heterocycles. The fraction of sp³-hybridized carbons (Fsp3) is 0.261. The zero-order valence-corrected chi connectivity index (χ0v) is 16.2. The zero-order valence-electron chi connectivity index (χ0n) is 16.2. The number of hydrogen-bond donors (Lipinski definition) is 1. The van der Waals surface area contributed by atoms with Crippen LogP contribution >= 0.6 is 0 Å². The molecular weight excluding hydrogens is 350 g/mol. The van der Waals surface area contributed by atoms with E-state index in [0.29, 0.717) is 12.1 Å². The van der Waals surface area contributed by atoms with Gasteiger partial charge in [0.2, 0.25) is 11.8 Å². The van der Waals surface area contributed by atoms with Crippen molar-refractivity contribution in [1.82, 2.24) is 4.98 Å². The average Bonchev–Trinajstić information content (AvgIpc) is 3.11. The van der Waals surface area contributed by atoms with Gasteiger partial charge in [0.25, 0.3) is 0 Å². The Morgan fingerprint density at radius 1 is 1.14 bits per heavy atom. The highest BCUT2D eigenvalue weighted by Crippen LogP contribution is 2.26. The van der Waals surface area contributed by atoms with Crippen molar-refractivity contribution in [3.63, 3.8) is 0 Å². The Hall–Kier alpha value is -3.21. The maximum atomic E-state index is 12.7. The van der Waals surface area contributed by atoms with Crippen LogP contribution in [0, 0.1) is 13.8 Å². The van der Waals surface area contributed by atoms with Crippen LogP contribution in [0.4, 0.5) is 11.4 Å². The zero-order chi connectivity index (χ0) is 19.7. The molecule has 1 fully saturated rings. The first-order valence-electron chi connectivity index (χ1n) is 9.58. The molecule has 2 aromatic carbocycles. The van der Waals surface area contributed by atoms with Crippen molar-refractivity contribution in [3.05, 3.63) is 65.4 Å². The number of nitrogens with one attached hydrogen (secondary N) is 1. The molecule has 2 heterocycles. The molecule has 0 spiro atoms. The number of fused-ring (bicyclic) bond motifs is 1. The number of carbonyl (C=O) groups excluding carboxylic acids is 2. The highest BCUT2D eigenvalue weighted by molar-refractivity contribution is 5.97. The van der Waals surface area contributed by atoms with Crippen molar-refractivity contribution in [2.45, 2.75) is 33.1 Å². The number of anilines is 2. The number of aryl methyl sites for hydroxylation is 2. The minimum Gasteiger partial charge on any atom is -0.326 e. The second kappa shape index (κ2) is 7.43. The summed E-state index contributed by atoms with van der Waals surface area (Å²) >= 11 is 0. The van der Waals surface area contributed by atoms with Crippen LogP contribution < -0.4 is 10.2 Å². The second-order valence-electron chi connectivity index (χ2n) is 7.24.